The van der Waals surface area contributed by atoms with Gasteiger partial charge in [0.1, 0.15) is 6.04 Å². The van der Waals surface area contributed by atoms with E-state index in [9.17, 15) is 9.59 Å². The standard InChI is InChI=1S/C15H16BrNO3/c16-12-7-4-11(5-8-12)6-9-14(18)17-10-2-1-3-13(17)15(19)20/h4-9,13H,1-3,10H2,(H,19,20)/b9-6+. The molecule has 0 aliphatic carbocycles. The highest BCUT2D eigenvalue weighted by atomic mass is 79.9. The van der Waals surface area contributed by atoms with Crippen LogP contribution in [0.3, 0.4) is 0 Å². The molecule has 0 bridgehead atoms. The van der Waals surface area contributed by atoms with Gasteiger partial charge < -0.3 is 10.0 Å². The second kappa shape index (κ2) is 6.70. The zero-order chi connectivity index (χ0) is 14.5. The van der Waals surface area contributed by atoms with E-state index in [1.807, 2.05) is 24.3 Å². The maximum absolute atomic E-state index is 12.1. The van der Waals surface area contributed by atoms with Crippen molar-refractivity contribution in [3.63, 3.8) is 0 Å². The summed E-state index contributed by atoms with van der Waals surface area (Å²) in [4.78, 5) is 24.7. The maximum Gasteiger partial charge on any atom is 0.326 e. The van der Waals surface area contributed by atoms with Gasteiger partial charge in [0, 0.05) is 17.1 Å². The summed E-state index contributed by atoms with van der Waals surface area (Å²) in [6.45, 7) is 0.514. The number of benzene rings is 1. The first-order chi connectivity index (χ1) is 9.58. The summed E-state index contributed by atoms with van der Waals surface area (Å²) in [5, 5.41) is 9.15. The van der Waals surface area contributed by atoms with E-state index in [0.717, 1.165) is 22.9 Å². The molecular weight excluding hydrogens is 322 g/mol. The van der Waals surface area contributed by atoms with Crippen molar-refractivity contribution in [2.75, 3.05) is 6.54 Å². The number of nitrogens with zero attached hydrogens (tertiary/aromatic N) is 1. The fourth-order valence-corrected chi connectivity index (χ4v) is 2.55. The number of halogens is 1. The lowest BCUT2D eigenvalue weighted by atomic mass is 10.0. The molecule has 1 aliphatic rings. The van der Waals surface area contributed by atoms with Gasteiger partial charge in [0.05, 0.1) is 0 Å². The van der Waals surface area contributed by atoms with Gasteiger partial charge in [-0.1, -0.05) is 28.1 Å². The Bertz CT molecular complexity index is 524. The Labute approximate surface area is 126 Å². The van der Waals surface area contributed by atoms with Gasteiger partial charge in [-0.15, -0.1) is 0 Å². The highest BCUT2D eigenvalue weighted by Gasteiger charge is 2.30. The van der Waals surface area contributed by atoms with Gasteiger partial charge in [-0.3, -0.25) is 4.79 Å². The molecule has 0 aromatic heterocycles. The molecule has 1 aromatic carbocycles. The van der Waals surface area contributed by atoms with E-state index < -0.39 is 12.0 Å². The number of carbonyl (C=O) groups is 2. The summed E-state index contributed by atoms with van der Waals surface area (Å²) in [7, 11) is 0. The molecule has 106 valence electrons. The Morgan fingerprint density at radius 2 is 1.95 bits per heavy atom. The number of amides is 1. The lowest BCUT2D eigenvalue weighted by Gasteiger charge is -2.32. The van der Waals surface area contributed by atoms with Crippen LogP contribution < -0.4 is 0 Å². The molecule has 1 aromatic rings. The summed E-state index contributed by atoms with van der Waals surface area (Å²) in [5.74, 6) is -1.16. The van der Waals surface area contributed by atoms with Crippen LogP contribution in [0.4, 0.5) is 0 Å². The number of hydrogen-bond donors (Lipinski definition) is 1. The first kappa shape index (κ1) is 14.8. The van der Waals surface area contributed by atoms with E-state index in [1.54, 1.807) is 6.08 Å². The van der Waals surface area contributed by atoms with Gasteiger partial charge in [0.15, 0.2) is 0 Å². The molecule has 1 heterocycles. The molecular formula is C15H16BrNO3. The van der Waals surface area contributed by atoms with Gasteiger partial charge >= 0.3 is 5.97 Å². The third-order valence-electron chi connectivity index (χ3n) is 3.36. The molecule has 4 nitrogen and oxygen atoms in total. The van der Waals surface area contributed by atoms with Crippen LogP contribution in [-0.2, 0) is 9.59 Å². The number of likely N-dealkylation sites (tertiary alicyclic amines) is 1. The Morgan fingerprint density at radius 1 is 1.25 bits per heavy atom. The summed E-state index contributed by atoms with van der Waals surface area (Å²) in [6, 6.07) is 6.87. The maximum atomic E-state index is 12.1. The van der Waals surface area contributed by atoms with Gasteiger partial charge in [0.2, 0.25) is 5.91 Å². The lowest BCUT2D eigenvalue weighted by Crippen LogP contribution is -2.47. The van der Waals surface area contributed by atoms with Gasteiger partial charge in [-0.05, 0) is 43.0 Å². The number of rotatable bonds is 3. The average molecular weight is 338 g/mol. The minimum absolute atomic E-state index is 0.236. The molecule has 1 atom stereocenters. The Hall–Kier alpha value is -1.62. The molecule has 1 aliphatic heterocycles. The number of carbonyl (C=O) groups excluding carboxylic acids is 1. The van der Waals surface area contributed by atoms with Gasteiger partial charge in [-0.2, -0.15) is 0 Å². The first-order valence-electron chi connectivity index (χ1n) is 6.55. The number of hydrogen-bond acceptors (Lipinski definition) is 2. The van der Waals surface area contributed by atoms with Gasteiger partial charge in [-0.25, -0.2) is 4.79 Å². The number of aliphatic carboxylic acids is 1. The van der Waals surface area contributed by atoms with Crippen molar-refractivity contribution < 1.29 is 14.7 Å². The molecule has 1 unspecified atom stereocenters. The van der Waals surface area contributed by atoms with E-state index in [4.69, 9.17) is 5.11 Å². The van der Waals surface area contributed by atoms with Crippen molar-refractivity contribution >= 4 is 33.9 Å². The summed E-state index contributed by atoms with van der Waals surface area (Å²) >= 11 is 3.35. The lowest BCUT2D eigenvalue weighted by molar-refractivity contribution is -0.150. The van der Waals surface area contributed by atoms with Crippen molar-refractivity contribution in [1.29, 1.82) is 0 Å². The Kier molecular flexibility index (Phi) is 4.95. The normalized spacial score (nSPS) is 19.2. The molecule has 0 spiro atoms. The van der Waals surface area contributed by atoms with Crippen LogP contribution in [0.25, 0.3) is 6.08 Å². The molecule has 0 saturated carbocycles. The summed E-state index contributed by atoms with van der Waals surface area (Å²) in [6.07, 6.45) is 5.42. The van der Waals surface area contributed by atoms with Crippen LogP contribution in [0.1, 0.15) is 24.8 Å². The van der Waals surface area contributed by atoms with Gasteiger partial charge in [0.25, 0.3) is 0 Å². The van der Waals surface area contributed by atoms with Crippen molar-refractivity contribution in [1.82, 2.24) is 4.90 Å². The predicted octanol–water partition coefficient (Wildman–Crippen LogP) is 2.93. The van der Waals surface area contributed by atoms with Crippen LogP contribution in [0, 0.1) is 0 Å². The largest absolute Gasteiger partial charge is 0.480 e. The molecule has 0 radical (unpaired) electrons. The molecule has 2 rings (SSSR count). The molecule has 1 saturated heterocycles. The van der Waals surface area contributed by atoms with E-state index in [2.05, 4.69) is 15.9 Å². The zero-order valence-electron chi connectivity index (χ0n) is 11.0. The fourth-order valence-electron chi connectivity index (χ4n) is 2.29. The van der Waals surface area contributed by atoms with Crippen LogP contribution >= 0.6 is 15.9 Å². The average Bonchev–Trinajstić information content (AvgIpc) is 2.46. The van der Waals surface area contributed by atoms with E-state index >= 15 is 0 Å². The molecule has 20 heavy (non-hydrogen) atoms. The predicted molar refractivity (Wildman–Crippen MR) is 80.2 cm³/mol. The van der Waals surface area contributed by atoms with Crippen molar-refractivity contribution in [2.24, 2.45) is 0 Å². The molecule has 1 fully saturated rings. The molecule has 1 N–H and O–H groups in total. The quantitative estimate of drug-likeness (QED) is 0.862. The smallest absolute Gasteiger partial charge is 0.326 e. The summed E-state index contributed by atoms with van der Waals surface area (Å²) < 4.78 is 0.975. The topological polar surface area (TPSA) is 57.6 Å². The summed E-state index contributed by atoms with van der Waals surface area (Å²) in [5.41, 5.74) is 0.908. The SMILES string of the molecule is O=C(O)C1CCCCN1C(=O)/C=C/c1ccc(Br)cc1. The van der Waals surface area contributed by atoms with Crippen molar-refractivity contribution in [3.8, 4) is 0 Å². The molecule has 1 amide bonds. The van der Waals surface area contributed by atoms with Crippen LogP contribution in [-0.4, -0.2) is 34.5 Å². The van der Waals surface area contributed by atoms with E-state index in [-0.39, 0.29) is 5.91 Å². The van der Waals surface area contributed by atoms with E-state index in [1.165, 1.54) is 11.0 Å². The fraction of sp³-hybridized carbons (Fsp3) is 0.333. The monoisotopic (exact) mass is 337 g/mol. The third-order valence-corrected chi connectivity index (χ3v) is 3.89. The number of carboxylic acid groups (broad SMARTS) is 1. The highest BCUT2D eigenvalue weighted by molar-refractivity contribution is 9.10. The van der Waals surface area contributed by atoms with Crippen LogP contribution in [0.15, 0.2) is 34.8 Å². The first-order valence-corrected chi connectivity index (χ1v) is 7.34. The number of piperidine rings is 1. The second-order valence-electron chi connectivity index (χ2n) is 4.77. The minimum Gasteiger partial charge on any atom is -0.480 e. The molecule has 5 heteroatoms. The Balaban J connectivity index is 2.06. The highest BCUT2D eigenvalue weighted by Crippen LogP contribution is 2.18. The third kappa shape index (κ3) is 3.70. The zero-order valence-corrected chi connectivity index (χ0v) is 12.5. The van der Waals surface area contributed by atoms with Crippen molar-refractivity contribution in [2.45, 2.75) is 25.3 Å². The van der Waals surface area contributed by atoms with E-state index in [0.29, 0.717) is 13.0 Å². The minimum atomic E-state index is -0.921. The Morgan fingerprint density at radius 3 is 2.60 bits per heavy atom. The number of carboxylic acids is 1. The van der Waals surface area contributed by atoms with Crippen LogP contribution in [0.5, 0.6) is 0 Å². The second-order valence-corrected chi connectivity index (χ2v) is 5.68. The van der Waals surface area contributed by atoms with Crippen LogP contribution in [0.2, 0.25) is 0 Å². The van der Waals surface area contributed by atoms with Crippen molar-refractivity contribution in [3.05, 3.63) is 40.4 Å².